The van der Waals surface area contributed by atoms with Crippen LogP contribution in [0, 0.1) is 6.92 Å². The van der Waals surface area contributed by atoms with Gasteiger partial charge in [-0.15, -0.1) is 11.3 Å². The summed E-state index contributed by atoms with van der Waals surface area (Å²) in [7, 11) is 0. The maximum absolute atomic E-state index is 12.9. The van der Waals surface area contributed by atoms with Crippen molar-refractivity contribution in [1.82, 2.24) is 9.88 Å². The molecule has 132 valence electrons. The first kappa shape index (κ1) is 16.8. The molecule has 0 N–H and O–H groups in total. The van der Waals surface area contributed by atoms with E-state index in [1.165, 1.54) is 11.1 Å². The van der Waals surface area contributed by atoms with Gasteiger partial charge in [-0.2, -0.15) is 0 Å². The second-order valence-corrected chi connectivity index (χ2v) is 7.48. The Morgan fingerprint density at radius 2 is 2.04 bits per heavy atom. The lowest BCUT2D eigenvalue weighted by atomic mass is 9.99. The van der Waals surface area contributed by atoms with Gasteiger partial charge in [-0.25, -0.2) is 4.98 Å². The molecule has 0 spiro atoms. The Labute approximate surface area is 157 Å². The number of nitrogens with zero attached hydrogens (tertiary/aromatic N) is 2. The number of ether oxygens (including phenoxy) is 1. The third-order valence-electron chi connectivity index (χ3n) is 4.55. The molecule has 0 saturated carbocycles. The van der Waals surface area contributed by atoms with Crippen LogP contribution in [0.25, 0.3) is 0 Å². The molecule has 0 bridgehead atoms. The topological polar surface area (TPSA) is 42.4 Å². The van der Waals surface area contributed by atoms with E-state index in [4.69, 9.17) is 4.74 Å². The minimum absolute atomic E-state index is 0.0504. The highest BCUT2D eigenvalue weighted by Gasteiger charge is 2.21. The summed E-state index contributed by atoms with van der Waals surface area (Å²) in [6.45, 7) is 3.81. The third kappa shape index (κ3) is 3.63. The van der Waals surface area contributed by atoms with E-state index in [0.29, 0.717) is 24.5 Å². The van der Waals surface area contributed by atoms with Gasteiger partial charge in [0.25, 0.3) is 5.91 Å². The Balaban J connectivity index is 1.45. The van der Waals surface area contributed by atoms with Crippen molar-refractivity contribution in [2.24, 2.45) is 0 Å². The number of aryl methyl sites for hydroxylation is 1. The van der Waals surface area contributed by atoms with Crippen LogP contribution in [0.15, 0.2) is 53.9 Å². The first-order valence-electron chi connectivity index (χ1n) is 8.69. The van der Waals surface area contributed by atoms with Crippen LogP contribution in [-0.4, -0.2) is 22.3 Å². The summed E-state index contributed by atoms with van der Waals surface area (Å²) in [5.74, 6) is 0.744. The highest BCUT2D eigenvalue weighted by atomic mass is 32.1. The summed E-state index contributed by atoms with van der Waals surface area (Å²) < 4.78 is 5.81. The summed E-state index contributed by atoms with van der Waals surface area (Å²) in [6.07, 6.45) is 0.904. The number of fused-ring (bicyclic) bond motifs is 1. The molecule has 0 atom stereocenters. The largest absolute Gasteiger partial charge is 0.487 e. The highest BCUT2D eigenvalue weighted by Crippen LogP contribution is 2.22. The SMILES string of the molecule is Cc1nc(COc2cccc(C(=O)N3CCc4ccccc4C3)c2)cs1. The van der Waals surface area contributed by atoms with E-state index in [2.05, 4.69) is 23.2 Å². The lowest BCUT2D eigenvalue weighted by Gasteiger charge is -2.29. The Morgan fingerprint density at radius 3 is 2.85 bits per heavy atom. The minimum atomic E-state index is 0.0504. The quantitative estimate of drug-likeness (QED) is 0.696. The standard InChI is InChI=1S/C21H20N2O2S/c1-15-22-19(14-26-15)13-25-20-8-4-7-17(11-20)21(24)23-10-9-16-5-2-3-6-18(16)12-23/h2-8,11,14H,9-10,12-13H2,1H3. The van der Waals surface area contributed by atoms with Crippen molar-refractivity contribution in [2.75, 3.05) is 6.54 Å². The lowest BCUT2D eigenvalue weighted by Crippen LogP contribution is -2.35. The summed E-state index contributed by atoms with van der Waals surface area (Å²) in [5, 5.41) is 3.02. The summed E-state index contributed by atoms with van der Waals surface area (Å²) >= 11 is 1.61. The Bertz CT molecular complexity index is 935. The van der Waals surface area contributed by atoms with Gasteiger partial charge in [0, 0.05) is 24.0 Å². The fraction of sp³-hybridized carbons (Fsp3) is 0.238. The second kappa shape index (κ2) is 7.30. The molecule has 2 aromatic carbocycles. The van der Waals surface area contributed by atoms with Gasteiger partial charge >= 0.3 is 0 Å². The molecule has 5 heteroatoms. The van der Waals surface area contributed by atoms with Crippen LogP contribution in [0.5, 0.6) is 5.75 Å². The molecule has 4 nitrogen and oxygen atoms in total. The Hall–Kier alpha value is -2.66. The van der Waals surface area contributed by atoms with Gasteiger partial charge in [0.1, 0.15) is 12.4 Å². The van der Waals surface area contributed by atoms with Gasteiger partial charge in [0.15, 0.2) is 0 Å². The zero-order valence-corrected chi connectivity index (χ0v) is 15.5. The van der Waals surface area contributed by atoms with Crippen molar-refractivity contribution >= 4 is 17.2 Å². The molecular weight excluding hydrogens is 344 g/mol. The van der Waals surface area contributed by atoms with Gasteiger partial charge in [-0.1, -0.05) is 30.3 Å². The molecule has 1 aromatic heterocycles. The van der Waals surface area contributed by atoms with Gasteiger partial charge < -0.3 is 9.64 Å². The van der Waals surface area contributed by atoms with Crippen molar-refractivity contribution in [3.8, 4) is 5.75 Å². The molecule has 1 aliphatic heterocycles. The average molecular weight is 364 g/mol. The van der Waals surface area contributed by atoms with Crippen molar-refractivity contribution < 1.29 is 9.53 Å². The number of aromatic nitrogens is 1. The molecule has 2 heterocycles. The van der Waals surface area contributed by atoms with Gasteiger partial charge in [-0.3, -0.25) is 4.79 Å². The van der Waals surface area contributed by atoms with E-state index in [1.807, 2.05) is 47.5 Å². The summed E-state index contributed by atoms with van der Waals surface area (Å²) in [4.78, 5) is 19.2. The normalized spacial score (nSPS) is 13.3. The van der Waals surface area contributed by atoms with E-state index >= 15 is 0 Å². The van der Waals surface area contributed by atoms with Gasteiger partial charge in [0.05, 0.1) is 10.7 Å². The Kier molecular flexibility index (Phi) is 4.71. The van der Waals surface area contributed by atoms with Gasteiger partial charge in [-0.05, 0) is 42.7 Å². The molecule has 1 amide bonds. The molecule has 0 aliphatic carbocycles. The van der Waals surface area contributed by atoms with Crippen LogP contribution < -0.4 is 4.74 Å². The van der Waals surface area contributed by atoms with Crippen LogP contribution >= 0.6 is 11.3 Å². The van der Waals surface area contributed by atoms with Crippen LogP contribution in [0.1, 0.15) is 32.2 Å². The van der Waals surface area contributed by atoms with E-state index in [-0.39, 0.29) is 5.91 Å². The predicted octanol–water partition coefficient (Wildman–Crippen LogP) is 4.23. The van der Waals surface area contributed by atoms with E-state index in [1.54, 1.807) is 11.3 Å². The molecule has 3 aromatic rings. The van der Waals surface area contributed by atoms with Crippen molar-refractivity contribution in [1.29, 1.82) is 0 Å². The monoisotopic (exact) mass is 364 g/mol. The number of hydrogen-bond donors (Lipinski definition) is 0. The van der Waals surface area contributed by atoms with Gasteiger partial charge in [0.2, 0.25) is 0 Å². The maximum atomic E-state index is 12.9. The fourth-order valence-electron chi connectivity index (χ4n) is 3.20. The number of rotatable bonds is 4. The number of carbonyl (C=O) groups excluding carboxylic acids is 1. The predicted molar refractivity (Wildman–Crippen MR) is 103 cm³/mol. The molecule has 4 rings (SSSR count). The van der Waals surface area contributed by atoms with Crippen LogP contribution in [0.4, 0.5) is 0 Å². The first-order valence-corrected chi connectivity index (χ1v) is 9.57. The number of thiazole rings is 1. The lowest BCUT2D eigenvalue weighted by molar-refractivity contribution is 0.0734. The van der Waals surface area contributed by atoms with E-state index in [9.17, 15) is 4.79 Å². The summed E-state index contributed by atoms with van der Waals surface area (Å²) in [5.41, 5.74) is 4.15. The average Bonchev–Trinajstić information content (AvgIpc) is 3.11. The molecule has 0 radical (unpaired) electrons. The van der Waals surface area contributed by atoms with Crippen molar-refractivity contribution in [3.05, 3.63) is 81.3 Å². The van der Waals surface area contributed by atoms with E-state index < -0.39 is 0 Å². The molecule has 1 aliphatic rings. The van der Waals surface area contributed by atoms with Crippen molar-refractivity contribution in [3.63, 3.8) is 0 Å². The molecule has 0 unspecified atom stereocenters. The zero-order chi connectivity index (χ0) is 17.9. The first-order chi connectivity index (χ1) is 12.7. The van der Waals surface area contributed by atoms with Crippen LogP contribution in [-0.2, 0) is 19.6 Å². The molecule has 0 fully saturated rings. The Morgan fingerprint density at radius 1 is 1.19 bits per heavy atom. The number of amides is 1. The van der Waals surface area contributed by atoms with Crippen LogP contribution in [0.2, 0.25) is 0 Å². The number of carbonyl (C=O) groups is 1. The highest BCUT2D eigenvalue weighted by molar-refractivity contribution is 7.09. The second-order valence-electron chi connectivity index (χ2n) is 6.42. The molecular formula is C21H20N2O2S. The van der Waals surface area contributed by atoms with E-state index in [0.717, 1.165) is 23.7 Å². The third-order valence-corrected chi connectivity index (χ3v) is 5.37. The number of hydrogen-bond acceptors (Lipinski definition) is 4. The molecule has 0 saturated heterocycles. The maximum Gasteiger partial charge on any atom is 0.254 e. The fourth-order valence-corrected chi connectivity index (χ4v) is 3.80. The number of benzene rings is 2. The van der Waals surface area contributed by atoms with Crippen molar-refractivity contribution in [2.45, 2.75) is 26.5 Å². The smallest absolute Gasteiger partial charge is 0.254 e. The molecule has 26 heavy (non-hydrogen) atoms. The minimum Gasteiger partial charge on any atom is -0.487 e. The zero-order valence-electron chi connectivity index (χ0n) is 14.6. The summed E-state index contributed by atoms with van der Waals surface area (Å²) in [6, 6.07) is 15.7. The van der Waals surface area contributed by atoms with Crippen LogP contribution in [0.3, 0.4) is 0 Å².